The first-order valence-corrected chi connectivity index (χ1v) is 10.9. The van der Waals surface area contributed by atoms with Crippen molar-refractivity contribution < 1.29 is 4.74 Å². The van der Waals surface area contributed by atoms with Crippen molar-refractivity contribution in [3.05, 3.63) is 66.0 Å². The predicted octanol–water partition coefficient (Wildman–Crippen LogP) is 6.19. The molecule has 8 heteroatoms. The van der Waals surface area contributed by atoms with E-state index in [4.69, 9.17) is 16.3 Å². The van der Waals surface area contributed by atoms with Crippen LogP contribution >= 0.6 is 43.5 Å². The maximum Gasteiger partial charge on any atom is 0.282 e. The molecule has 152 valence electrons. The van der Waals surface area contributed by atoms with E-state index < -0.39 is 0 Å². The van der Waals surface area contributed by atoms with Gasteiger partial charge < -0.3 is 4.74 Å². The second-order valence-electron chi connectivity index (χ2n) is 7.84. The summed E-state index contributed by atoms with van der Waals surface area (Å²) in [6.45, 7) is 8.52. The lowest BCUT2D eigenvalue weighted by atomic mass is 9.98. The fraction of sp³-hybridized carbons (Fsp3) is 0.286. The Morgan fingerprint density at radius 2 is 1.97 bits per heavy atom. The van der Waals surface area contributed by atoms with Gasteiger partial charge >= 0.3 is 0 Å². The summed E-state index contributed by atoms with van der Waals surface area (Å²) in [5.41, 5.74) is 1.02. The molecule has 0 amide bonds. The van der Waals surface area contributed by atoms with E-state index in [9.17, 15) is 4.79 Å². The van der Waals surface area contributed by atoms with E-state index in [1.807, 2.05) is 6.07 Å². The summed E-state index contributed by atoms with van der Waals surface area (Å²) in [5, 5.41) is 5.40. The van der Waals surface area contributed by atoms with Crippen molar-refractivity contribution in [2.45, 2.75) is 27.7 Å². The number of halogens is 3. The molecule has 0 saturated heterocycles. The molecule has 0 saturated carbocycles. The Hall–Kier alpha value is -1.70. The van der Waals surface area contributed by atoms with Gasteiger partial charge in [0.05, 0.1) is 28.2 Å². The summed E-state index contributed by atoms with van der Waals surface area (Å²) in [6.07, 6.45) is 1.56. The molecule has 0 atom stereocenters. The van der Waals surface area contributed by atoms with Gasteiger partial charge in [0, 0.05) is 15.1 Å². The number of hydrogen-bond donors (Lipinski definition) is 0. The summed E-state index contributed by atoms with van der Waals surface area (Å²) in [7, 11) is 0. The molecule has 29 heavy (non-hydrogen) atoms. The fourth-order valence-corrected chi connectivity index (χ4v) is 3.94. The topological polar surface area (TPSA) is 56.5 Å². The second kappa shape index (κ2) is 8.58. The molecular formula is C21H20Br2ClN3O2. The first-order valence-electron chi connectivity index (χ1n) is 8.90. The van der Waals surface area contributed by atoms with E-state index >= 15 is 0 Å². The van der Waals surface area contributed by atoms with Crippen molar-refractivity contribution in [1.29, 1.82) is 0 Å². The third-order valence-electron chi connectivity index (χ3n) is 3.97. The minimum absolute atomic E-state index is 0.0172. The molecule has 0 aliphatic heterocycles. The predicted molar refractivity (Wildman–Crippen MR) is 126 cm³/mol. The molecule has 5 nitrogen and oxygen atoms in total. The number of aryl methyl sites for hydroxylation is 1. The zero-order valence-electron chi connectivity index (χ0n) is 16.5. The molecule has 0 radical (unpaired) electrons. The zero-order valence-corrected chi connectivity index (χ0v) is 20.4. The highest BCUT2D eigenvalue weighted by Crippen LogP contribution is 2.33. The third-order valence-corrected chi connectivity index (χ3v) is 5.27. The maximum atomic E-state index is 12.9. The van der Waals surface area contributed by atoms with Crippen LogP contribution in [0.5, 0.6) is 5.75 Å². The van der Waals surface area contributed by atoms with Gasteiger partial charge in [0.2, 0.25) is 0 Å². The molecule has 3 rings (SSSR count). The Kier molecular flexibility index (Phi) is 6.51. The van der Waals surface area contributed by atoms with Crippen molar-refractivity contribution >= 4 is 60.6 Å². The Morgan fingerprint density at radius 3 is 2.66 bits per heavy atom. The van der Waals surface area contributed by atoms with Gasteiger partial charge in [-0.2, -0.15) is 9.78 Å². The number of hydrogen-bond acceptors (Lipinski definition) is 4. The van der Waals surface area contributed by atoms with E-state index in [0.29, 0.717) is 39.7 Å². The number of fused-ring (bicyclic) bond motifs is 1. The molecule has 0 unspecified atom stereocenters. The quantitative estimate of drug-likeness (QED) is 0.370. The van der Waals surface area contributed by atoms with Crippen LogP contribution in [0.4, 0.5) is 0 Å². The summed E-state index contributed by atoms with van der Waals surface area (Å²) >= 11 is 13.1. The molecule has 0 aliphatic rings. The van der Waals surface area contributed by atoms with Gasteiger partial charge in [-0.05, 0) is 58.6 Å². The number of benzene rings is 2. The monoisotopic (exact) mass is 539 g/mol. The molecule has 0 aliphatic carbocycles. The smallest absolute Gasteiger partial charge is 0.282 e. The average Bonchev–Trinajstić information content (AvgIpc) is 2.60. The van der Waals surface area contributed by atoms with Gasteiger partial charge in [0.15, 0.2) is 0 Å². The average molecular weight is 542 g/mol. The molecule has 0 spiro atoms. The Labute approximate surface area is 191 Å². The highest BCUT2D eigenvalue weighted by atomic mass is 79.9. The largest absolute Gasteiger partial charge is 0.491 e. The number of aromatic nitrogens is 2. The van der Waals surface area contributed by atoms with Crippen LogP contribution in [0.1, 0.15) is 32.2 Å². The fourth-order valence-electron chi connectivity index (χ4n) is 2.63. The minimum Gasteiger partial charge on any atom is -0.491 e. The second-order valence-corrected chi connectivity index (χ2v) is 10.0. The van der Waals surface area contributed by atoms with E-state index in [-0.39, 0.29) is 11.0 Å². The lowest BCUT2D eigenvalue weighted by molar-refractivity contribution is 0.196. The SMILES string of the molecule is Cc1nc2ccc(Br)cc2c(=O)n1N=Cc1cc(Cl)cc(Br)c1OCC(C)(C)C. The van der Waals surface area contributed by atoms with Crippen LogP contribution < -0.4 is 10.3 Å². The Bertz CT molecular complexity index is 1170. The van der Waals surface area contributed by atoms with Crippen molar-refractivity contribution in [2.24, 2.45) is 10.5 Å². The number of nitrogens with zero attached hydrogens (tertiary/aromatic N) is 3. The van der Waals surface area contributed by atoms with Crippen LogP contribution in [0.2, 0.25) is 5.02 Å². The molecular weight excluding hydrogens is 522 g/mol. The van der Waals surface area contributed by atoms with Crippen LogP contribution in [0, 0.1) is 12.3 Å². The van der Waals surface area contributed by atoms with Crippen LogP contribution in [0.15, 0.2) is 49.2 Å². The molecule has 0 fully saturated rings. The summed E-state index contributed by atoms with van der Waals surface area (Å²) in [5.74, 6) is 1.11. The Morgan fingerprint density at radius 1 is 1.24 bits per heavy atom. The first kappa shape index (κ1) is 22.0. The highest BCUT2D eigenvalue weighted by molar-refractivity contribution is 9.10. The van der Waals surface area contributed by atoms with Gasteiger partial charge in [0.25, 0.3) is 5.56 Å². The molecule has 1 heterocycles. The van der Waals surface area contributed by atoms with Gasteiger partial charge in [-0.3, -0.25) is 4.79 Å². The standard InChI is InChI=1S/C21H20Br2ClN3O2/c1-12-26-18-6-5-14(22)8-16(18)20(28)27(12)25-10-13-7-15(24)9-17(23)19(13)29-11-21(2,3)4/h5-10H,11H2,1-4H3. The van der Waals surface area contributed by atoms with Crippen molar-refractivity contribution in [3.8, 4) is 5.75 Å². The molecule has 2 aromatic carbocycles. The molecule has 0 N–H and O–H groups in total. The number of rotatable bonds is 4. The van der Waals surface area contributed by atoms with E-state index in [0.717, 1.165) is 8.95 Å². The van der Waals surface area contributed by atoms with Crippen LogP contribution in [-0.2, 0) is 0 Å². The van der Waals surface area contributed by atoms with Crippen molar-refractivity contribution in [3.63, 3.8) is 0 Å². The molecule has 1 aromatic heterocycles. The van der Waals surface area contributed by atoms with Gasteiger partial charge in [0.1, 0.15) is 11.6 Å². The molecule has 0 bridgehead atoms. The summed E-state index contributed by atoms with van der Waals surface area (Å²) in [4.78, 5) is 17.4. The van der Waals surface area contributed by atoms with E-state index in [1.54, 1.807) is 37.4 Å². The van der Waals surface area contributed by atoms with Crippen LogP contribution in [0.25, 0.3) is 10.9 Å². The normalized spacial score (nSPS) is 12.1. The van der Waals surface area contributed by atoms with E-state index in [2.05, 4.69) is 62.7 Å². The Balaban J connectivity index is 2.07. The lowest BCUT2D eigenvalue weighted by Crippen LogP contribution is -2.21. The van der Waals surface area contributed by atoms with E-state index in [1.165, 1.54) is 4.68 Å². The maximum absolute atomic E-state index is 12.9. The first-order chi connectivity index (χ1) is 13.5. The zero-order chi connectivity index (χ0) is 21.3. The highest BCUT2D eigenvalue weighted by Gasteiger charge is 2.16. The van der Waals surface area contributed by atoms with Crippen LogP contribution in [-0.4, -0.2) is 22.5 Å². The van der Waals surface area contributed by atoms with Gasteiger partial charge in [-0.1, -0.05) is 48.3 Å². The number of ether oxygens (including phenoxy) is 1. The minimum atomic E-state index is -0.247. The molecule has 3 aromatic rings. The van der Waals surface area contributed by atoms with Crippen molar-refractivity contribution in [1.82, 2.24) is 9.66 Å². The van der Waals surface area contributed by atoms with Gasteiger partial charge in [-0.25, -0.2) is 4.98 Å². The third kappa shape index (κ3) is 5.27. The van der Waals surface area contributed by atoms with Crippen molar-refractivity contribution in [2.75, 3.05) is 6.61 Å². The van der Waals surface area contributed by atoms with Gasteiger partial charge in [-0.15, -0.1) is 0 Å². The van der Waals surface area contributed by atoms with Crippen LogP contribution in [0.3, 0.4) is 0 Å². The summed E-state index contributed by atoms with van der Waals surface area (Å²) < 4.78 is 8.82. The lowest BCUT2D eigenvalue weighted by Gasteiger charge is -2.20. The summed E-state index contributed by atoms with van der Waals surface area (Å²) in [6, 6.07) is 8.91.